The molecule has 0 unspecified atom stereocenters. The number of anilines is 1. The maximum Gasteiger partial charge on any atom is 0.407 e. The van der Waals surface area contributed by atoms with Gasteiger partial charge in [-0.15, -0.1) is 0 Å². The number of nitrogens with one attached hydrogen (secondary N) is 2. The Kier molecular flexibility index (Phi) is 7.06. The number of alkyl carbamates (subject to hydrolysis) is 1. The summed E-state index contributed by atoms with van der Waals surface area (Å²) in [4.78, 5) is 36.9. The van der Waals surface area contributed by atoms with E-state index in [1.807, 2.05) is 0 Å². The summed E-state index contributed by atoms with van der Waals surface area (Å²) in [6, 6.07) is 2.46. The maximum absolute atomic E-state index is 14.3. The summed E-state index contributed by atoms with van der Waals surface area (Å²) in [5.41, 5.74) is -0.766. The van der Waals surface area contributed by atoms with E-state index in [0.717, 1.165) is 6.07 Å². The van der Waals surface area contributed by atoms with Crippen molar-refractivity contribution in [1.29, 1.82) is 0 Å². The van der Waals surface area contributed by atoms with Crippen molar-refractivity contribution in [2.24, 2.45) is 0 Å². The normalized spacial score (nSPS) is 19.1. The van der Waals surface area contributed by atoms with Gasteiger partial charge in [-0.2, -0.15) is 0 Å². The third kappa shape index (κ3) is 5.71. The fraction of sp³-hybridized carbons (Fsp3) is 0.579. The van der Waals surface area contributed by atoms with Crippen molar-refractivity contribution in [2.75, 3.05) is 32.6 Å². The zero-order chi connectivity index (χ0) is 22.6. The van der Waals surface area contributed by atoms with Crippen LogP contribution in [0.25, 0.3) is 0 Å². The first-order valence-electron chi connectivity index (χ1n) is 9.41. The van der Waals surface area contributed by atoms with E-state index in [-0.39, 0.29) is 42.2 Å². The zero-order valence-electron chi connectivity index (χ0n) is 17.7. The summed E-state index contributed by atoms with van der Waals surface area (Å²) in [5, 5.41) is 16.7. The lowest BCUT2D eigenvalue weighted by Gasteiger charge is -2.35. The number of alkyl halides is 1. The van der Waals surface area contributed by atoms with E-state index in [4.69, 9.17) is 9.47 Å². The molecule has 1 aliphatic rings. The summed E-state index contributed by atoms with van der Waals surface area (Å²) in [6.07, 6.45) is -2.98. The SMILES string of the molecule is CNc1c(OC)cc(C(=O)N2C[C@H](F)C[C@@H](OC(=O)NC(C)(C)C)C2)cc1[N+](=O)[O-]. The van der Waals surface area contributed by atoms with E-state index in [2.05, 4.69) is 10.6 Å². The number of carbonyl (C=O) groups excluding carboxylic acids is 2. The van der Waals surface area contributed by atoms with Gasteiger partial charge in [-0.1, -0.05) is 0 Å². The number of hydrogen-bond acceptors (Lipinski definition) is 7. The van der Waals surface area contributed by atoms with Crippen LogP contribution in [0.4, 0.5) is 20.6 Å². The van der Waals surface area contributed by atoms with Crippen LogP contribution in [0, 0.1) is 10.1 Å². The van der Waals surface area contributed by atoms with E-state index in [1.165, 1.54) is 25.1 Å². The van der Waals surface area contributed by atoms with Crippen LogP contribution < -0.4 is 15.4 Å². The highest BCUT2D eigenvalue weighted by Gasteiger charge is 2.34. The highest BCUT2D eigenvalue weighted by molar-refractivity contribution is 5.97. The summed E-state index contributed by atoms with van der Waals surface area (Å²) in [7, 11) is 2.82. The van der Waals surface area contributed by atoms with Crippen molar-refractivity contribution in [3.8, 4) is 5.75 Å². The Labute approximate surface area is 173 Å². The van der Waals surface area contributed by atoms with Crippen molar-refractivity contribution < 1.29 is 28.4 Å². The minimum absolute atomic E-state index is 0.0236. The van der Waals surface area contributed by atoms with Crippen LogP contribution in [-0.2, 0) is 4.74 Å². The average molecular weight is 426 g/mol. The molecule has 0 spiro atoms. The molecule has 1 aromatic carbocycles. The second-order valence-corrected chi connectivity index (χ2v) is 8.03. The fourth-order valence-electron chi connectivity index (χ4n) is 3.20. The molecule has 2 rings (SSSR count). The molecule has 0 bridgehead atoms. The molecule has 10 nitrogen and oxygen atoms in total. The lowest BCUT2D eigenvalue weighted by Crippen LogP contribution is -2.50. The Morgan fingerprint density at radius 2 is 1.97 bits per heavy atom. The number of ether oxygens (including phenoxy) is 2. The highest BCUT2D eigenvalue weighted by atomic mass is 19.1. The zero-order valence-corrected chi connectivity index (χ0v) is 17.7. The van der Waals surface area contributed by atoms with Crippen molar-refractivity contribution in [3.05, 3.63) is 27.8 Å². The molecule has 1 aromatic rings. The molecule has 0 aliphatic carbocycles. The van der Waals surface area contributed by atoms with Crippen molar-refractivity contribution in [3.63, 3.8) is 0 Å². The molecular weight excluding hydrogens is 399 g/mol. The molecule has 1 heterocycles. The molecule has 2 N–H and O–H groups in total. The molecule has 30 heavy (non-hydrogen) atoms. The first-order chi connectivity index (χ1) is 13.9. The number of likely N-dealkylation sites (tertiary alicyclic amines) is 1. The van der Waals surface area contributed by atoms with Gasteiger partial charge in [-0.3, -0.25) is 14.9 Å². The first-order valence-corrected chi connectivity index (χ1v) is 9.41. The van der Waals surface area contributed by atoms with E-state index >= 15 is 0 Å². The van der Waals surface area contributed by atoms with E-state index < -0.39 is 34.7 Å². The quantitative estimate of drug-likeness (QED) is 0.548. The highest BCUT2D eigenvalue weighted by Crippen LogP contribution is 2.36. The second kappa shape index (κ2) is 9.14. The maximum atomic E-state index is 14.3. The molecule has 2 amide bonds. The third-order valence-corrected chi connectivity index (χ3v) is 4.39. The summed E-state index contributed by atoms with van der Waals surface area (Å²) in [6.45, 7) is 5.10. The standard InChI is InChI=1S/C19H27FN4O6/c1-19(2,3)22-18(26)30-13-8-12(20)9-23(10-13)17(25)11-6-14(24(27)28)16(21-4)15(7-11)29-5/h6-7,12-13,21H,8-10H2,1-5H3,(H,22,26)/t12-,13-/m1/s1. The number of benzene rings is 1. The Bertz CT molecular complexity index is 826. The number of halogens is 1. The Hall–Kier alpha value is -3.11. The lowest BCUT2D eigenvalue weighted by atomic mass is 10.0. The molecular formula is C19H27FN4O6. The summed E-state index contributed by atoms with van der Waals surface area (Å²) >= 11 is 0. The van der Waals surface area contributed by atoms with Crippen LogP contribution in [0.15, 0.2) is 12.1 Å². The van der Waals surface area contributed by atoms with Crippen LogP contribution in [0.2, 0.25) is 0 Å². The number of hydrogen-bond donors (Lipinski definition) is 2. The number of methoxy groups -OCH3 is 1. The van der Waals surface area contributed by atoms with Crippen LogP contribution in [0.5, 0.6) is 5.75 Å². The van der Waals surface area contributed by atoms with Gasteiger partial charge in [0.05, 0.1) is 30.7 Å². The summed E-state index contributed by atoms with van der Waals surface area (Å²) in [5.74, 6) is -0.507. The van der Waals surface area contributed by atoms with Gasteiger partial charge in [0.2, 0.25) is 0 Å². The van der Waals surface area contributed by atoms with E-state index in [1.54, 1.807) is 20.8 Å². The number of nitro groups is 1. The van der Waals surface area contributed by atoms with Gasteiger partial charge in [-0.05, 0) is 26.8 Å². The molecule has 0 radical (unpaired) electrons. The monoisotopic (exact) mass is 426 g/mol. The number of rotatable bonds is 5. The predicted molar refractivity (Wildman–Crippen MR) is 108 cm³/mol. The second-order valence-electron chi connectivity index (χ2n) is 8.03. The van der Waals surface area contributed by atoms with E-state index in [9.17, 15) is 24.1 Å². The van der Waals surface area contributed by atoms with Gasteiger partial charge < -0.3 is 25.0 Å². The fourth-order valence-corrected chi connectivity index (χ4v) is 3.20. The third-order valence-electron chi connectivity index (χ3n) is 4.39. The van der Waals surface area contributed by atoms with Gasteiger partial charge in [-0.25, -0.2) is 9.18 Å². The van der Waals surface area contributed by atoms with Gasteiger partial charge in [0.1, 0.15) is 18.0 Å². The first kappa shape index (κ1) is 23.2. The Morgan fingerprint density at radius 3 is 2.50 bits per heavy atom. The average Bonchev–Trinajstić information content (AvgIpc) is 2.63. The number of piperidine rings is 1. The number of nitrogens with zero attached hydrogens (tertiary/aromatic N) is 2. The number of nitro benzene ring substituents is 1. The molecule has 11 heteroatoms. The van der Waals surface area contributed by atoms with Gasteiger partial charge in [0, 0.05) is 25.1 Å². The minimum atomic E-state index is -1.40. The Balaban J connectivity index is 2.24. The number of amides is 2. The van der Waals surface area contributed by atoms with Gasteiger partial charge >= 0.3 is 6.09 Å². The van der Waals surface area contributed by atoms with Crippen molar-refractivity contribution >= 4 is 23.4 Å². The predicted octanol–water partition coefficient (Wildman–Crippen LogP) is 2.72. The van der Waals surface area contributed by atoms with E-state index in [0.29, 0.717) is 0 Å². The number of carbonyl (C=O) groups is 2. The summed E-state index contributed by atoms with van der Waals surface area (Å²) < 4.78 is 24.7. The molecule has 0 aromatic heterocycles. The minimum Gasteiger partial charge on any atom is -0.494 e. The van der Waals surface area contributed by atoms with Crippen LogP contribution >= 0.6 is 0 Å². The molecule has 2 atom stereocenters. The molecule has 1 fully saturated rings. The molecule has 166 valence electrons. The van der Waals surface area contributed by atoms with Crippen molar-refractivity contribution in [1.82, 2.24) is 10.2 Å². The van der Waals surface area contributed by atoms with Gasteiger partial charge in [0.25, 0.3) is 11.6 Å². The van der Waals surface area contributed by atoms with Crippen molar-refractivity contribution in [2.45, 2.75) is 45.0 Å². The van der Waals surface area contributed by atoms with Crippen LogP contribution in [0.3, 0.4) is 0 Å². The topological polar surface area (TPSA) is 123 Å². The lowest BCUT2D eigenvalue weighted by molar-refractivity contribution is -0.384. The molecule has 0 saturated carbocycles. The smallest absolute Gasteiger partial charge is 0.407 e. The largest absolute Gasteiger partial charge is 0.494 e. The Morgan fingerprint density at radius 1 is 1.30 bits per heavy atom. The molecule has 1 saturated heterocycles. The van der Waals surface area contributed by atoms with Crippen LogP contribution in [0.1, 0.15) is 37.6 Å². The van der Waals surface area contributed by atoms with Gasteiger partial charge in [0.15, 0.2) is 5.69 Å². The van der Waals surface area contributed by atoms with Crippen LogP contribution in [-0.4, -0.2) is 66.9 Å². The molecule has 1 aliphatic heterocycles.